The first-order valence-electron chi connectivity index (χ1n) is 9.38. The normalized spacial score (nSPS) is 14.0. The van der Waals surface area contributed by atoms with E-state index in [-0.39, 0.29) is 11.8 Å². The molecule has 4 nitrogen and oxygen atoms in total. The van der Waals surface area contributed by atoms with Gasteiger partial charge in [0.25, 0.3) is 0 Å². The fraction of sp³-hybridized carbons (Fsp3) is 0.273. The Bertz CT molecular complexity index is 1130. The van der Waals surface area contributed by atoms with E-state index < -0.39 is 11.7 Å². The van der Waals surface area contributed by atoms with Crippen molar-refractivity contribution in [2.24, 2.45) is 5.92 Å². The summed E-state index contributed by atoms with van der Waals surface area (Å²) in [5, 5.41) is 13.1. The van der Waals surface area contributed by atoms with Crippen molar-refractivity contribution in [3.05, 3.63) is 53.6 Å². The Morgan fingerprint density at radius 3 is 2.45 bits per heavy atom. The zero-order valence-electron chi connectivity index (χ0n) is 15.7. The third-order valence-corrected chi connectivity index (χ3v) is 5.19. The lowest BCUT2D eigenvalue weighted by atomic mass is 10.0. The summed E-state index contributed by atoms with van der Waals surface area (Å²) >= 11 is 0. The number of carbonyl (C=O) groups is 1. The van der Waals surface area contributed by atoms with Gasteiger partial charge in [-0.25, -0.2) is 0 Å². The molecule has 7 heteroatoms. The van der Waals surface area contributed by atoms with Crippen LogP contribution >= 0.6 is 0 Å². The average Bonchev–Trinajstić information content (AvgIpc) is 3.49. The average molecular weight is 397 g/mol. The van der Waals surface area contributed by atoms with Crippen molar-refractivity contribution >= 4 is 22.5 Å². The number of nitrogens with zero attached hydrogens (tertiary/aromatic N) is 2. The maximum atomic E-state index is 13.2. The van der Waals surface area contributed by atoms with Crippen LogP contribution in [0.4, 0.5) is 18.9 Å². The molecule has 0 unspecified atom stereocenters. The summed E-state index contributed by atoms with van der Waals surface area (Å²) in [7, 11) is 0. The van der Waals surface area contributed by atoms with Gasteiger partial charge in [-0.15, -0.1) is 0 Å². The minimum Gasteiger partial charge on any atom is -0.340 e. The van der Waals surface area contributed by atoms with Crippen molar-refractivity contribution in [2.75, 3.05) is 5.32 Å². The van der Waals surface area contributed by atoms with Crippen LogP contribution in [-0.4, -0.2) is 10.5 Å². The highest BCUT2D eigenvalue weighted by molar-refractivity contribution is 5.96. The molecule has 1 aliphatic carbocycles. The lowest BCUT2D eigenvalue weighted by Gasteiger charge is -2.11. The topological polar surface area (TPSA) is 57.8 Å². The van der Waals surface area contributed by atoms with Gasteiger partial charge in [0.15, 0.2) is 0 Å². The van der Waals surface area contributed by atoms with Gasteiger partial charge in [0, 0.05) is 23.5 Å². The number of alkyl halides is 3. The molecule has 148 valence electrons. The predicted molar refractivity (Wildman–Crippen MR) is 104 cm³/mol. The highest BCUT2D eigenvalue weighted by Gasteiger charge is 2.32. The third-order valence-electron chi connectivity index (χ3n) is 5.19. The largest absolute Gasteiger partial charge is 0.416 e. The van der Waals surface area contributed by atoms with E-state index in [0.29, 0.717) is 40.0 Å². The summed E-state index contributed by atoms with van der Waals surface area (Å²) in [6.45, 7) is 2.24. The highest BCUT2D eigenvalue weighted by atomic mass is 19.4. The fourth-order valence-corrected chi connectivity index (χ4v) is 3.57. The van der Waals surface area contributed by atoms with Gasteiger partial charge < -0.3 is 9.88 Å². The van der Waals surface area contributed by atoms with Crippen molar-refractivity contribution in [1.29, 1.82) is 5.26 Å². The van der Waals surface area contributed by atoms with E-state index in [2.05, 4.69) is 11.4 Å². The lowest BCUT2D eigenvalue weighted by molar-refractivity contribution is -0.137. The van der Waals surface area contributed by atoms with Gasteiger partial charge in [-0.3, -0.25) is 4.79 Å². The van der Waals surface area contributed by atoms with Gasteiger partial charge in [0.05, 0.1) is 22.3 Å². The number of fused-ring (bicyclic) bond motifs is 1. The molecule has 1 aromatic heterocycles. The number of rotatable bonds is 4. The SMILES string of the molecule is CCn1c(-c2ccc(NC(=O)C3CC3)cc2)c(C#N)c2ccc(C(F)(F)F)cc21. The van der Waals surface area contributed by atoms with E-state index in [4.69, 9.17) is 0 Å². The number of amides is 1. The molecule has 1 heterocycles. The van der Waals surface area contributed by atoms with Crippen LogP contribution in [0.15, 0.2) is 42.5 Å². The van der Waals surface area contributed by atoms with Crippen LogP contribution in [-0.2, 0) is 17.5 Å². The molecule has 1 aliphatic rings. The van der Waals surface area contributed by atoms with Crippen molar-refractivity contribution in [3.8, 4) is 17.3 Å². The minimum atomic E-state index is -4.45. The van der Waals surface area contributed by atoms with Crippen LogP contribution < -0.4 is 5.32 Å². The summed E-state index contributed by atoms with van der Waals surface area (Å²) in [6.07, 6.45) is -2.64. The van der Waals surface area contributed by atoms with Crippen LogP contribution in [0, 0.1) is 17.2 Å². The number of benzene rings is 2. The molecular formula is C22H18F3N3O. The number of aryl methyl sites for hydroxylation is 1. The summed E-state index contributed by atoms with van der Waals surface area (Å²) in [4.78, 5) is 11.9. The van der Waals surface area contributed by atoms with E-state index in [9.17, 15) is 23.2 Å². The summed E-state index contributed by atoms with van der Waals surface area (Å²) in [5.41, 5.74) is 1.90. The number of anilines is 1. The highest BCUT2D eigenvalue weighted by Crippen LogP contribution is 2.38. The van der Waals surface area contributed by atoms with Crippen molar-refractivity contribution in [3.63, 3.8) is 0 Å². The van der Waals surface area contributed by atoms with Crippen molar-refractivity contribution < 1.29 is 18.0 Å². The lowest BCUT2D eigenvalue weighted by Crippen LogP contribution is -2.13. The second kappa shape index (κ2) is 6.96. The Labute approximate surface area is 165 Å². The van der Waals surface area contributed by atoms with E-state index in [1.54, 1.807) is 28.8 Å². The number of halogens is 3. The van der Waals surface area contributed by atoms with Crippen molar-refractivity contribution in [1.82, 2.24) is 4.57 Å². The second-order valence-electron chi connectivity index (χ2n) is 7.15. The first kappa shape index (κ1) is 19.1. The van der Waals surface area contributed by atoms with Gasteiger partial charge in [-0.2, -0.15) is 18.4 Å². The van der Waals surface area contributed by atoms with Crippen LogP contribution in [0.25, 0.3) is 22.2 Å². The number of carbonyl (C=O) groups excluding carboxylic acids is 1. The van der Waals surface area contributed by atoms with Gasteiger partial charge in [0.2, 0.25) is 5.91 Å². The quantitative estimate of drug-likeness (QED) is 0.626. The zero-order valence-corrected chi connectivity index (χ0v) is 15.7. The van der Waals surface area contributed by atoms with E-state index in [1.807, 2.05) is 6.92 Å². The molecule has 1 fully saturated rings. The molecule has 2 aromatic carbocycles. The Kier molecular flexibility index (Phi) is 4.58. The van der Waals surface area contributed by atoms with E-state index in [0.717, 1.165) is 25.0 Å². The molecule has 0 aliphatic heterocycles. The first-order chi connectivity index (χ1) is 13.8. The Balaban J connectivity index is 1.80. The molecule has 0 radical (unpaired) electrons. The molecule has 1 saturated carbocycles. The molecule has 4 rings (SSSR count). The first-order valence-corrected chi connectivity index (χ1v) is 9.38. The van der Waals surface area contributed by atoms with Crippen LogP contribution in [0.3, 0.4) is 0 Å². The molecule has 1 N–H and O–H groups in total. The van der Waals surface area contributed by atoms with E-state index in [1.165, 1.54) is 6.07 Å². The van der Waals surface area contributed by atoms with Crippen LogP contribution in [0.2, 0.25) is 0 Å². The van der Waals surface area contributed by atoms with Crippen LogP contribution in [0.5, 0.6) is 0 Å². The maximum absolute atomic E-state index is 13.2. The van der Waals surface area contributed by atoms with E-state index >= 15 is 0 Å². The molecule has 0 saturated heterocycles. The monoisotopic (exact) mass is 397 g/mol. The van der Waals surface area contributed by atoms with Crippen LogP contribution in [0.1, 0.15) is 30.9 Å². The van der Waals surface area contributed by atoms with Gasteiger partial charge >= 0.3 is 6.18 Å². The molecular weight excluding hydrogens is 379 g/mol. The Hall–Kier alpha value is -3.27. The number of nitrogens with one attached hydrogen (secondary N) is 1. The fourth-order valence-electron chi connectivity index (χ4n) is 3.57. The third kappa shape index (κ3) is 3.46. The number of hydrogen-bond donors (Lipinski definition) is 1. The molecule has 0 bridgehead atoms. The number of aromatic nitrogens is 1. The molecule has 29 heavy (non-hydrogen) atoms. The van der Waals surface area contributed by atoms with Crippen molar-refractivity contribution in [2.45, 2.75) is 32.5 Å². The minimum absolute atomic E-state index is 0.00202. The molecule has 3 aromatic rings. The smallest absolute Gasteiger partial charge is 0.340 e. The predicted octanol–water partition coefficient (Wildman–Crippen LogP) is 5.57. The number of hydrogen-bond acceptors (Lipinski definition) is 2. The molecule has 0 spiro atoms. The summed E-state index contributed by atoms with van der Waals surface area (Å²) < 4.78 is 41.2. The summed E-state index contributed by atoms with van der Waals surface area (Å²) in [6, 6.07) is 12.6. The Morgan fingerprint density at radius 2 is 1.90 bits per heavy atom. The second-order valence-corrected chi connectivity index (χ2v) is 7.15. The van der Waals surface area contributed by atoms with Gasteiger partial charge in [0.1, 0.15) is 6.07 Å². The zero-order chi connectivity index (χ0) is 20.8. The standard InChI is InChI=1S/C22H18F3N3O/c1-2-28-19-11-15(22(23,24)25)7-10-17(19)18(12-26)20(28)13-5-8-16(9-6-13)27-21(29)14-3-4-14/h5-11,14H,2-4H2,1H3,(H,27,29). The van der Waals surface area contributed by atoms with Gasteiger partial charge in [-0.05, 0) is 49.6 Å². The molecule has 0 atom stereocenters. The summed E-state index contributed by atoms with van der Waals surface area (Å²) in [5.74, 6) is 0.0862. The molecule has 1 amide bonds. The van der Waals surface area contributed by atoms with Gasteiger partial charge in [-0.1, -0.05) is 18.2 Å². The number of nitriles is 1. The maximum Gasteiger partial charge on any atom is 0.416 e. The Morgan fingerprint density at radius 1 is 1.21 bits per heavy atom.